The molecule has 0 bridgehead atoms. The van der Waals surface area contributed by atoms with Crippen molar-refractivity contribution >= 4 is 40.0 Å². The molecule has 21 heavy (non-hydrogen) atoms. The Morgan fingerprint density at radius 2 is 1.86 bits per heavy atom. The van der Waals surface area contributed by atoms with E-state index in [9.17, 15) is 14.4 Å². The molecule has 0 saturated heterocycles. The van der Waals surface area contributed by atoms with E-state index in [4.69, 9.17) is 11.5 Å². The van der Waals surface area contributed by atoms with Crippen LogP contribution in [0.5, 0.6) is 0 Å². The summed E-state index contributed by atoms with van der Waals surface area (Å²) in [6.07, 6.45) is 0. The number of nitrogen functional groups attached to an aromatic ring is 1. The standard InChI is InChI=1S/C14H12N4O3/c1-18-12(19)7-4-2-3-6-10(7)8(13(18)20)5-9(15)11(6)17-14(16)21/h2-5H,15H2,1H3,(H3,16,17,21). The van der Waals surface area contributed by atoms with Crippen molar-refractivity contribution in [2.45, 2.75) is 0 Å². The van der Waals surface area contributed by atoms with Crippen molar-refractivity contribution in [3.8, 4) is 0 Å². The molecule has 0 aliphatic carbocycles. The number of anilines is 2. The summed E-state index contributed by atoms with van der Waals surface area (Å²) >= 11 is 0. The zero-order valence-electron chi connectivity index (χ0n) is 11.1. The zero-order chi connectivity index (χ0) is 15.3. The molecule has 7 nitrogen and oxygen atoms in total. The van der Waals surface area contributed by atoms with Gasteiger partial charge in [0.05, 0.1) is 16.9 Å². The summed E-state index contributed by atoms with van der Waals surface area (Å²) in [6.45, 7) is 0. The molecule has 2 aromatic rings. The molecule has 4 amide bonds. The van der Waals surface area contributed by atoms with Crippen molar-refractivity contribution in [3.05, 3.63) is 35.4 Å². The number of carbonyl (C=O) groups excluding carboxylic acids is 3. The molecule has 2 aromatic carbocycles. The van der Waals surface area contributed by atoms with Crippen LogP contribution in [-0.2, 0) is 0 Å². The Kier molecular flexibility index (Phi) is 2.59. The fourth-order valence-electron chi connectivity index (χ4n) is 2.57. The number of primary amides is 1. The number of benzene rings is 2. The van der Waals surface area contributed by atoms with Gasteiger partial charge in [-0.2, -0.15) is 0 Å². The number of rotatable bonds is 1. The summed E-state index contributed by atoms with van der Waals surface area (Å²) in [5, 5.41) is 3.42. The largest absolute Gasteiger partial charge is 0.397 e. The van der Waals surface area contributed by atoms with E-state index < -0.39 is 17.8 Å². The third-order valence-corrected chi connectivity index (χ3v) is 3.51. The Morgan fingerprint density at radius 1 is 1.19 bits per heavy atom. The van der Waals surface area contributed by atoms with E-state index in [1.807, 2.05) is 0 Å². The molecule has 0 unspecified atom stereocenters. The first-order valence-electron chi connectivity index (χ1n) is 6.16. The third-order valence-electron chi connectivity index (χ3n) is 3.51. The molecular formula is C14H12N4O3. The van der Waals surface area contributed by atoms with Crippen LogP contribution in [0.3, 0.4) is 0 Å². The Morgan fingerprint density at radius 3 is 2.52 bits per heavy atom. The van der Waals surface area contributed by atoms with Crippen LogP contribution in [0, 0.1) is 0 Å². The minimum Gasteiger partial charge on any atom is -0.397 e. The van der Waals surface area contributed by atoms with E-state index in [0.717, 1.165) is 4.90 Å². The molecule has 0 fully saturated rings. The fraction of sp³-hybridized carbons (Fsp3) is 0.0714. The Hall–Kier alpha value is -3.09. The van der Waals surface area contributed by atoms with Crippen LogP contribution in [0.4, 0.5) is 16.2 Å². The average molecular weight is 284 g/mol. The lowest BCUT2D eigenvalue weighted by molar-refractivity contribution is 0.0650. The predicted octanol–water partition coefficient (Wildman–Crippen LogP) is 1.14. The van der Waals surface area contributed by atoms with Crippen molar-refractivity contribution in [3.63, 3.8) is 0 Å². The molecule has 0 radical (unpaired) electrons. The molecule has 1 heterocycles. The summed E-state index contributed by atoms with van der Waals surface area (Å²) < 4.78 is 0. The molecule has 0 saturated carbocycles. The third kappa shape index (κ3) is 1.71. The summed E-state index contributed by atoms with van der Waals surface area (Å²) in [7, 11) is 1.41. The number of urea groups is 1. The summed E-state index contributed by atoms with van der Waals surface area (Å²) in [5.41, 5.74) is 12.3. The Labute approximate surface area is 119 Å². The van der Waals surface area contributed by atoms with E-state index in [1.54, 1.807) is 18.2 Å². The summed E-state index contributed by atoms with van der Waals surface area (Å²) in [5.74, 6) is -0.825. The zero-order valence-corrected chi connectivity index (χ0v) is 11.1. The molecule has 7 heteroatoms. The van der Waals surface area contributed by atoms with Gasteiger partial charge >= 0.3 is 6.03 Å². The number of nitrogens with two attached hydrogens (primary N) is 2. The molecule has 0 spiro atoms. The highest BCUT2D eigenvalue weighted by Gasteiger charge is 2.31. The SMILES string of the molecule is CN1C(=O)c2cccc3c(NC(N)=O)c(N)cc(c23)C1=O. The lowest BCUT2D eigenvalue weighted by atomic mass is 9.92. The second-order valence-corrected chi connectivity index (χ2v) is 4.78. The second kappa shape index (κ2) is 4.20. The second-order valence-electron chi connectivity index (χ2n) is 4.78. The maximum atomic E-state index is 12.2. The molecule has 106 valence electrons. The first kappa shape index (κ1) is 12.9. The molecule has 5 N–H and O–H groups in total. The van der Waals surface area contributed by atoms with Crippen LogP contribution in [0.25, 0.3) is 10.8 Å². The number of amides is 4. The number of nitrogens with one attached hydrogen (secondary N) is 1. The highest BCUT2D eigenvalue weighted by molar-refractivity contribution is 6.28. The number of hydrogen-bond acceptors (Lipinski definition) is 4. The Balaban J connectivity index is 2.44. The van der Waals surface area contributed by atoms with Gasteiger partial charge in [-0.3, -0.25) is 14.5 Å². The Bertz CT molecular complexity index is 829. The van der Waals surface area contributed by atoms with Gasteiger partial charge < -0.3 is 16.8 Å². The number of nitrogens with zero attached hydrogens (tertiary/aromatic N) is 1. The van der Waals surface area contributed by atoms with E-state index in [0.29, 0.717) is 27.6 Å². The molecule has 3 rings (SSSR count). The lowest BCUT2D eigenvalue weighted by Crippen LogP contribution is -2.37. The highest BCUT2D eigenvalue weighted by atomic mass is 16.2. The van der Waals surface area contributed by atoms with Gasteiger partial charge in [-0.05, 0) is 12.1 Å². The van der Waals surface area contributed by atoms with Crippen molar-refractivity contribution in [1.29, 1.82) is 0 Å². The predicted molar refractivity (Wildman–Crippen MR) is 78.0 cm³/mol. The molecule has 1 aliphatic heterocycles. The van der Waals surface area contributed by atoms with E-state index in [-0.39, 0.29) is 5.69 Å². The minimum atomic E-state index is -0.770. The van der Waals surface area contributed by atoms with Gasteiger partial charge in [0.1, 0.15) is 0 Å². The monoisotopic (exact) mass is 284 g/mol. The normalized spacial score (nSPS) is 13.7. The number of carbonyl (C=O) groups is 3. The topological polar surface area (TPSA) is 119 Å². The van der Waals surface area contributed by atoms with Crippen molar-refractivity contribution in [1.82, 2.24) is 4.90 Å². The van der Waals surface area contributed by atoms with Crippen LogP contribution in [0.1, 0.15) is 20.7 Å². The molecule has 1 aliphatic rings. The maximum absolute atomic E-state index is 12.2. The summed E-state index contributed by atoms with van der Waals surface area (Å²) in [4.78, 5) is 36.6. The summed E-state index contributed by atoms with van der Waals surface area (Å²) in [6, 6.07) is 5.64. The van der Waals surface area contributed by atoms with Crippen molar-refractivity contribution in [2.24, 2.45) is 5.73 Å². The van der Waals surface area contributed by atoms with Gasteiger partial charge in [0, 0.05) is 23.4 Å². The first-order valence-corrected chi connectivity index (χ1v) is 6.16. The van der Waals surface area contributed by atoms with E-state index >= 15 is 0 Å². The quantitative estimate of drug-likeness (QED) is 0.537. The van der Waals surface area contributed by atoms with E-state index in [1.165, 1.54) is 13.1 Å². The van der Waals surface area contributed by atoms with Crippen LogP contribution in [0.15, 0.2) is 24.3 Å². The maximum Gasteiger partial charge on any atom is 0.316 e. The minimum absolute atomic E-state index is 0.213. The molecular weight excluding hydrogens is 272 g/mol. The van der Waals surface area contributed by atoms with Crippen LogP contribution < -0.4 is 16.8 Å². The van der Waals surface area contributed by atoms with Gasteiger partial charge in [0.25, 0.3) is 11.8 Å². The van der Waals surface area contributed by atoms with Crippen LogP contribution in [0.2, 0.25) is 0 Å². The number of hydrogen-bond donors (Lipinski definition) is 3. The smallest absolute Gasteiger partial charge is 0.316 e. The van der Waals surface area contributed by atoms with Gasteiger partial charge in [-0.15, -0.1) is 0 Å². The lowest BCUT2D eigenvalue weighted by Gasteiger charge is -2.25. The van der Waals surface area contributed by atoms with Gasteiger partial charge in [0.2, 0.25) is 0 Å². The molecule has 0 atom stereocenters. The highest BCUT2D eigenvalue weighted by Crippen LogP contribution is 2.37. The molecule has 0 aromatic heterocycles. The number of imide groups is 1. The fourth-order valence-corrected chi connectivity index (χ4v) is 2.57. The van der Waals surface area contributed by atoms with Crippen LogP contribution in [-0.4, -0.2) is 29.8 Å². The van der Waals surface area contributed by atoms with Gasteiger partial charge in [0.15, 0.2) is 0 Å². The van der Waals surface area contributed by atoms with E-state index in [2.05, 4.69) is 5.32 Å². The average Bonchev–Trinajstić information content (AvgIpc) is 2.45. The van der Waals surface area contributed by atoms with Gasteiger partial charge in [-0.25, -0.2) is 4.79 Å². The first-order chi connectivity index (χ1) is 9.91. The van der Waals surface area contributed by atoms with Gasteiger partial charge in [-0.1, -0.05) is 12.1 Å². The van der Waals surface area contributed by atoms with Crippen molar-refractivity contribution < 1.29 is 14.4 Å². The van der Waals surface area contributed by atoms with Crippen molar-refractivity contribution in [2.75, 3.05) is 18.1 Å². The van der Waals surface area contributed by atoms with Crippen LogP contribution >= 0.6 is 0 Å².